The molecule has 0 aromatic heterocycles. The molecule has 0 bridgehead atoms. The van der Waals surface area contributed by atoms with Crippen LogP contribution in [0.15, 0.2) is 0 Å². The van der Waals surface area contributed by atoms with E-state index in [4.69, 9.17) is 0 Å². The first-order valence-electron chi connectivity index (χ1n) is 10.0. The molecule has 3 heterocycles. The number of hydrogen-bond acceptors (Lipinski definition) is 4. The second-order valence-corrected chi connectivity index (χ2v) is 8.46. The summed E-state index contributed by atoms with van der Waals surface area (Å²) in [5.41, 5.74) is 0. The van der Waals surface area contributed by atoms with Crippen LogP contribution in [0.5, 0.6) is 0 Å². The Labute approximate surface area is 143 Å². The summed E-state index contributed by atoms with van der Waals surface area (Å²) >= 11 is 0. The second-order valence-electron chi connectivity index (χ2n) is 8.46. The Hall–Kier alpha value is -0.160. The average Bonchev–Trinajstić information content (AvgIpc) is 3.05. The first-order chi connectivity index (χ1) is 11.0. The fraction of sp³-hybridized carbons (Fsp3) is 1.00. The fourth-order valence-corrected chi connectivity index (χ4v) is 4.77. The lowest BCUT2D eigenvalue weighted by Crippen LogP contribution is -2.55. The molecule has 134 valence electrons. The number of rotatable bonds is 4. The topological polar surface area (TPSA) is 13.0 Å². The number of piperidine rings is 1. The largest absolute Gasteiger partial charge is 0.299 e. The van der Waals surface area contributed by atoms with Crippen molar-refractivity contribution in [2.45, 2.75) is 71.1 Å². The normalized spacial score (nSPS) is 30.8. The molecule has 1 atom stereocenters. The van der Waals surface area contributed by atoms with Crippen LogP contribution in [0.3, 0.4) is 0 Å². The van der Waals surface area contributed by atoms with E-state index in [-0.39, 0.29) is 0 Å². The highest BCUT2D eigenvalue weighted by atomic mass is 15.3. The smallest absolute Gasteiger partial charge is 0.0235 e. The van der Waals surface area contributed by atoms with Gasteiger partial charge in [0.2, 0.25) is 0 Å². The summed E-state index contributed by atoms with van der Waals surface area (Å²) in [5.74, 6) is 0. The van der Waals surface area contributed by atoms with Crippen LogP contribution in [-0.2, 0) is 0 Å². The minimum atomic E-state index is 0.713. The van der Waals surface area contributed by atoms with Crippen LogP contribution in [0.2, 0.25) is 0 Å². The monoisotopic (exact) mass is 322 g/mol. The molecular weight excluding hydrogens is 284 g/mol. The quantitative estimate of drug-likeness (QED) is 0.784. The third-order valence-corrected chi connectivity index (χ3v) is 6.54. The molecule has 1 unspecified atom stereocenters. The Morgan fingerprint density at radius 2 is 1.09 bits per heavy atom. The first kappa shape index (κ1) is 17.7. The molecule has 0 N–H and O–H groups in total. The Balaban J connectivity index is 1.41. The highest BCUT2D eigenvalue weighted by Gasteiger charge is 2.33. The summed E-state index contributed by atoms with van der Waals surface area (Å²) in [6.07, 6.45) is 4.16. The van der Waals surface area contributed by atoms with Crippen LogP contribution in [0.4, 0.5) is 0 Å². The number of nitrogens with zero attached hydrogens (tertiary/aromatic N) is 4. The van der Waals surface area contributed by atoms with Crippen LogP contribution >= 0.6 is 0 Å². The standard InChI is InChI=1S/C19H38N4/c1-16(2)20-11-13-22(14-12-20)18-5-8-21(9-6-18)19-7-10-23(15-19)17(3)4/h16-19H,5-15H2,1-4H3. The van der Waals surface area contributed by atoms with E-state index < -0.39 is 0 Å². The molecule has 0 radical (unpaired) electrons. The molecule has 3 fully saturated rings. The summed E-state index contributed by atoms with van der Waals surface area (Å²) in [6.45, 7) is 19.7. The van der Waals surface area contributed by atoms with Gasteiger partial charge >= 0.3 is 0 Å². The van der Waals surface area contributed by atoms with Crippen molar-refractivity contribution in [2.75, 3.05) is 52.4 Å². The van der Waals surface area contributed by atoms with Gasteiger partial charge in [-0.2, -0.15) is 0 Å². The highest BCUT2D eigenvalue weighted by Crippen LogP contribution is 2.24. The van der Waals surface area contributed by atoms with Crippen LogP contribution in [0.25, 0.3) is 0 Å². The molecule has 3 aliphatic heterocycles. The van der Waals surface area contributed by atoms with Gasteiger partial charge in [0.25, 0.3) is 0 Å². The predicted octanol–water partition coefficient (Wildman–Crippen LogP) is 1.96. The van der Waals surface area contributed by atoms with Crippen molar-refractivity contribution in [3.63, 3.8) is 0 Å². The van der Waals surface area contributed by atoms with E-state index in [9.17, 15) is 0 Å². The van der Waals surface area contributed by atoms with E-state index in [0.29, 0.717) is 6.04 Å². The molecule has 0 spiro atoms. The maximum atomic E-state index is 2.79. The van der Waals surface area contributed by atoms with Gasteiger partial charge in [-0.05, 0) is 60.0 Å². The van der Waals surface area contributed by atoms with Crippen LogP contribution in [0.1, 0.15) is 47.0 Å². The summed E-state index contributed by atoms with van der Waals surface area (Å²) in [5, 5.41) is 0. The molecular formula is C19H38N4. The summed E-state index contributed by atoms with van der Waals surface area (Å²) in [6, 6.07) is 3.11. The summed E-state index contributed by atoms with van der Waals surface area (Å²) in [4.78, 5) is 10.9. The average molecular weight is 323 g/mol. The third-order valence-electron chi connectivity index (χ3n) is 6.54. The lowest BCUT2D eigenvalue weighted by molar-refractivity contribution is 0.0395. The van der Waals surface area contributed by atoms with Gasteiger partial charge in [-0.25, -0.2) is 0 Å². The maximum Gasteiger partial charge on any atom is 0.0235 e. The van der Waals surface area contributed by atoms with E-state index in [0.717, 1.165) is 18.1 Å². The van der Waals surface area contributed by atoms with Crippen LogP contribution in [0, 0.1) is 0 Å². The van der Waals surface area contributed by atoms with Crippen LogP contribution in [-0.4, -0.2) is 96.1 Å². The van der Waals surface area contributed by atoms with E-state index in [2.05, 4.69) is 47.3 Å². The van der Waals surface area contributed by atoms with Crippen molar-refractivity contribution < 1.29 is 0 Å². The Morgan fingerprint density at radius 3 is 1.61 bits per heavy atom. The molecule has 4 nitrogen and oxygen atoms in total. The van der Waals surface area contributed by atoms with Gasteiger partial charge in [0.1, 0.15) is 0 Å². The lowest BCUT2D eigenvalue weighted by atomic mass is 10.00. The molecule has 23 heavy (non-hydrogen) atoms. The fourth-order valence-electron chi connectivity index (χ4n) is 4.77. The van der Waals surface area contributed by atoms with Gasteiger partial charge in [-0.15, -0.1) is 0 Å². The highest BCUT2D eigenvalue weighted by molar-refractivity contribution is 4.90. The van der Waals surface area contributed by atoms with E-state index in [1.165, 1.54) is 71.6 Å². The first-order valence-corrected chi connectivity index (χ1v) is 10.0. The van der Waals surface area contributed by atoms with E-state index >= 15 is 0 Å². The predicted molar refractivity (Wildman–Crippen MR) is 98.0 cm³/mol. The number of piperazine rings is 1. The van der Waals surface area contributed by atoms with E-state index in [1.54, 1.807) is 0 Å². The van der Waals surface area contributed by atoms with Crippen molar-refractivity contribution >= 4 is 0 Å². The van der Waals surface area contributed by atoms with Gasteiger partial charge < -0.3 is 0 Å². The molecule has 0 aromatic rings. The Bertz CT molecular complexity index is 354. The zero-order valence-electron chi connectivity index (χ0n) is 15.9. The van der Waals surface area contributed by atoms with Gasteiger partial charge in [0, 0.05) is 63.4 Å². The van der Waals surface area contributed by atoms with Gasteiger partial charge in [-0.3, -0.25) is 19.6 Å². The Kier molecular flexibility index (Phi) is 6.00. The zero-order valence-corrected chi connectivity index (χ0v) is 15.9. The minimum Gasteiger partial charge on any atom is -0.299 e. The van der Waals surface area contributed by atoms with Gasteiger partial charge in [0.15, 0.2) is 0 Å². The maximum absolute atomic E-state index is 2.79. The zero-order chi connectivity index (χ0) is 16.4. The van der Waals surface area contributed by atoms with Gasteiger partial charge in [0.05, 0.1) is 0 Å². The molecule has 3 rings (SSSR count). The number of hydrogen-bond donors (Lipinski definition) is 0. The minimum absolute atomic E-state index is 0.713. The second kappa shape index (κ2) is 7.81. The lowest BCUT2D eigenvalue weighted by Gasteiger charge is -2.44. The van der Waals surface area contributed by atoms with Crippen molar-refractivity contribution in [3.8, 4) is 0 Å². The molecule has 0 amide bonds. The molecule has 3 saturated heterocycles. The van der Waals surface area contributed by atoms with Crippen molar-refractivity contribution in [1.82, 2.24) is 19.6 Å². The SMILES string of the molecule is CC(C)N1CCN(C2CCN(C3CCN(C(C)C)C3)CC2)CC1. The third kappa shape index (κ3) is 4.28. The van der Waals surface area contributed by atoms with Crippen molar-refractivity contribution in [1.29, 1.82) is 0 Å². The molecule has 3 aliphatic rings. The van der Waals surface area contributed by atoms with Crippen molar-refractivity contribution in [2.24, 2.45) is 0 Å². The summed E-state index contributed by atoms with van der Waals surface area (Å²) in [7, 11) is 0. The van der Waals surface area contributed by atoms with E-state index in [1.807, 2.05) is 0 Å². The Morgan fingerprint density at radius 1 is 0.565 bits per heavy atom. The molecule has 0 aromatic carbocycles. The molecule has 4 heteroatoms. The number of likely N-dealkylation sites (tertiary alicyclic amines) is 2. The summed E-state index contributed by atoms with van der Waals surface area (Å²) < 4.78 is 0. The van der Waals surface area contributed by atoms with Crippen LogP contribution < -0.4 is 0 Å². The van der Waals surface area contributed by atoms with Gasteiger partial charge in [-0.1, -0.05) is 0 Å². The molecule has 0 aliphatic carbocycles. The van der Waals surface area contributed by atoms with Crippen molar-refractivity contribution in [3.05, 3.63) is 0 Å². The molecule has 0 saturated carbocycles.